The molecule has 17 heavy (non-hydrogen) atoms. The molecule has 1 saturated carbocycles. The van der Waals surface area contributed by atoms with Crippen molar-refractivity contribution in [3.05, 3.63) is 23.5 Å². The minimum atomic E-state index is -3.29. The minimum Gasteiger partial charge on any atom is -0.283 e. The Kier molecular flexibility index (Phi) is 3.89. The SMILES string of the molecule is O=S(=O)(Nc1ccnc(Cl)c1)C1CCCCC1. The fraction of sp³-hybridized carbons (Fsp3) is 0.545. The van der Waals surface area contributed by atoms with E-state index in [9.17, 15) is 8.42 Å². The number of nitrogens with one attached hydrogen (secondary N) is 1. The molecule has 0 bridgehead atoms. The van der Waals surface area contributed by atoms with Crippen molar-refractivity contribution in [3.8, 4) is 0 Å². The van der Waals surface area contributed by atoms with Crippen molar-refractivity contribution in [1.82, 2.24) is 4.98 Å². The van der Waals surface area contributed by atoms with E-state index >= 15 is 0 Å². The Morgan fingerprint density at radius 1 is 1.29 bits per heavy atom. The second-order valence-corrected chi connectivity index (χ2v) is 6.62. The molecule has 4 nitrogen and oxygen atoms in total. The van der Waals surface area contributed by atoms with Crippen LogP contribution in [0.25, 0.3) is 0 Å². The first-order chi connectivity index (χ1) is 8.08. The normalized spacial score (nSPS) is 17.9. The summed E-state index contributed by atoms with van der Waals surface area (Å²) >= 11 is 5.71. The van der Waals surface area contributed by atoms with E-state index in [4.69, 9.17) is 11.6 Å². The Labute approximate surface area is 106 Å². The fourth-order valence-corrected chi connectivity index (χ4v) is 3.84. The average Bonchev–Trinajstić information content (AvgIpc) is 2.29. The predicted molar refractivity (Wildman–Crippen MR) is 68.7 cm³/mol. The van der Waals surface area contributed by atoms with Gasteiger partial charge in [-0.1, -0.05) is 30.9 Å². The number of hydrogen-bond donors (Lipinski definition) is 1. The van der Waals surface area contributed by atoms with Gasteiger partial charge in [0.1, 0.15) is 5.15 Å². The van der Waals surface area contributed by atoms with Gasteiger partial charge >= 0.3 is 0 Å². The van der Waals surface area contributed by atoms with Crippen LogP contribution in [-0.4, -0.2) is 18.7 Å². The Morgan fingerprint density at radius 3 is 2.65 bits per heavy atom. The summed E-state index contributed by atoms with van der Waals surface area (Å²) in [4.78, 5) is 3.81. The van der Waals surface area contributed by atoms with Crippen LogP contribution in [0.4, 0.5) is 5.69 Å². The molecule has 1 fully saturated rings. The quantitative estimate of drug-likeness (QED) is 0.862. The lowest BCUT2D eigenvalue weighted by molar-refractivity contribution is 0.486. The number of rotatable bonds is 3. The number of hydrogen-bond acceptors (Lipinski definition) is 3. The summed E-state index contributed by atoms with van der Waals surface area (Å²) in [5.74, 6) is 0. The summed E-state index contributed by atoms with van der Waals surface area (Å²) < 4.78 is 26.8. The molecule has 1 heterocycles. The van der Waals surface area contributed by atoms with Gasteiger partial charge in [-0.15, -0.1) is 0 Å². The molecular weight excluding hydrogens is 260 g/mol. The third-order valence-corrected chi connectivity index (χ3v) is 5.05. The van der Waals surface area contributed by atoms with E-state index in [0.29, 0.717) is 5.69 Å². The molecule has 0 radical (unpaired) electrons. The van der Waals surface area contributed by atoms with Gasteiger partial charge in [-0.25, -0.2) is 13.4 Å². The zero-order valence-electron chi connectivity index (χ0n) is 9.39. The second kappa shape index (κ2) is 5.23. The van der Waals surface area contributed by atoms with E-state index in [-0.39, 0.29) is 10.4 Å². The van der Waals surface area contributed by atoms with Crippen LogP contribution in [0.1, 0.15) is 32.1 Å². The van der Waals surface area contributed by atoms with Crippen molar-refractivity contribution >= 4 is 27.3 Å². The first kappa shape index (κ1) is 12.6. The third kappa shape index (κ3) is 3.33. The van der Waals surface area contributed by atoms with Crippen molar-refractivity contribution < 1.29 is 8.42 Å². The molecule has 0 unspecified atom stereocenters. The molecule has 0 spiro atoms. The maximum atomic E-state index is 12.1. The largest absolute Gasteiger partial charge is 0.283 e. The Hall–Kier alpha value is -0.810. The van der Waals surface area contributed by atoms with Gasteiger partial charge in [0, 0.05) is 6.20 Å². The molecule has 1 aliphatic rings. The molecule has 2 rings (SSSR count). The maximum absolute atomic E-state index is 12.1. The lowest BCUT2D eigenvalue weighted by Gasteiger charge is -2.22. The minimum absolute atomic E-state index is 0.275. The predicted octanol–water partition coefficient (Wildman–Crippen LogP) is 2.81. The number of nitrogens with zero attached hydrogens (tertiary/aromatic N) is 1. The molecule has 1 aromatic heterocycles. The van der Waals surface area contributed by atoms with Crippen LogP contribution >= 0.6 is 11.6 Å². The van der Waals surface area contributed by atoms with Gasteiger partial charge in [-0.05, 0) is 25.0 Å². The van der Waals surface area contributed by atoms with E-state index in [1.807, 2.05) is 0 Å². The molecule has 1 N–H and O–H groups in total. The van der Waals surface area contributed by atoms with Crippen molar-refractivity contribution in [3.63, 3.8) is 0 Å². The average molecular weight is 275 g/mol. The summed E-state index contributed by atoms with van der Waals surface area (Å²) in [6, 6.07) is 3.12. The van der Waals surface area contributed by atoms with E-state index in [2.05, 4.69) is 9.71 Å². The van der Waals surface area contributed by atoms with Crippen LogP contribution < -0.4 is 4.72 Å². The van der Waals surface area contributed by atoms with Gasteiger partial charge in [-0.2, -0.15) is 0 Å². The van der Waals surface area contributed by atoms with Crippen LogP contribution in [0.5, 0.6) is 0 Å². The topological polar surface area (TPSA) is 59.1 Å². The van der Waals surface area contributed by atoms with Crippen LogP contribution in [0.2, 0.25) is 5.15 Å². The van der Waals surface area contributed by atoms with Crippen LogP contribution in [0.15, 0.2) is 18.3 Å². The molecule has 0 saturated heterocycles. The van der Waals surface area contributed by atoms with Gasteiger partial charge in [0.15, 0.2) is 0 Å². The summed E-state index contributed by atoms with van der Waals surface area (Å²) in [6.07, 6.45) is 6.09. The third-order valence-electron chi connectivity index (χ3n) is 2.98. The van der Waals surface area contributed by atoms with Gasteiger partial charge in [0.05, 0.1) is 10.9 Å². The number of aromatic nitrogens is 1. The zero-order valence-corrected chi connectivity index (χ0v) is 11.0. The molecule has 1 aliphatic carbocycles. The molecule has 0 aliphatic heterocycles. The monoisotopic (exact) mass is 274 g/mol. The lowest BCUT2D eigenvalue weighted by atomic mass is 10.0. The Morgan fingerprint density at radius 2 is 2.00 bits per heavy atom. The molecule has 6 heteroatoms. The van der Waals surface area contributed by atoms with Crippen LogP contribution in [-0.2, 0) is 10.0 Å². The fourth-order valence-electron chi connectivity index (χ4n) is 2.09. The van der Waals surface area contributed by atoms with Crippen molar-refractivity contribution in [2.24, 2.45) is 0 Å². The number of halogens is 1. The van der Waals surface area contributed by atoms with E-state index < -0.39 is 10.0 Å². The first-order valence-corrected chi connectivity index (χ1v) is 7.63. The zero-order chi connectivity index (χ0) is 12.3. The number of sulfonamides is 1. The van der Waals surface area contributed by atoms with Crippen molar-refractivity contribution in [1.29, 1.82) is 0 Å². The second-order valence-electron chi connectivity index (χ2n) is 4.27. The van der Waals surface area contributed by atoms with Gasteiger partial charge in [0.25, 0.3) is 0 Å². The Bertz CT molecular complexity index is 484. The first-order valence-electron chi connectivity index (χ1n) is 5.71. The molecule has 94 valence electrons. The molecule has 0 amide bonds. The van der Waals surface area contributed by atoms with E-state index in [1.165, 1.54) is 12.3 Å². The molecule has 0 aromatic carbocycles. The lowest BCUT2D eigenvalue weighted by Crippen LogP contribution is -2.29. The number of pyridine rings is 1. The summed E-state index contributed by atoms with van der Waals surface area (Å²) in [5.41, 5.74) is 0.482. The van der Waals surface area contributed by atoms with E-state index in [0.717, 1.165) is 32.1 Å². The highest BCUT2D eigenvalue weighted by Crippen LogP contribution is 2.25. The summed E-state index contributed by atoms with van der Waals surface area (Å²) in [7, 11) is -3.29. The number of anilines is 1. The highest BCUT2D eigenvalue weighted by molar-refractivity contribution is 7.93. The van der Waals surface area contributed by atoms with Gasteiger partial charge < -0.3 is 0 Å². The molecule has 0 atom stereocenters. The summed E-state index contributed by atoms with van der Waals surface area (Å²) in [6.45, 7) is 0. The molecule has 1 aromatic rings. The highest BCUT2D eigenvalue weighted by Gasteiger charge is 2.27. The van der Waals surface area contributed by atoms with Crippen LogP contribution in [0, 0.1) is 0 Å². The van der Waals surface area contributed by atoms with E-state index in [1.54, 1.807) is 6.07 Å². The van der Waals surface area contributed by atoms with Gasteiger partial charge in [0.2, 0.25) is 10.0 Å². The van der Waals surface area contributed by atoms with Crippen molar-refractivity contribution in [2.45, 2.75) is 37.4 Å². The Balaban J connectivity index is 2.11. The summed E-state index contributed by atoms with van der Waals surface area (Å²) in [5, 5.41) is 0.0111. The highest BCUT2D eigenvalue weighted by atomic mass is 35.5. The van der Waals surface area contributed by atoms with Gasteiger partial charge in [-0.3, -0.25) is 4.72 Å². The van der Waals surface area contributed by atoms with Crippen molar-refractivity contribution in [2.75, 3.05) is 4.72 Å². The standard InChI is InChI=1S/C11H15ClN2O2S/c12-11-8-9(6-7-13-11)14-17(15,16)10-4-2-1-3-5-10/h6-8,10H,1-5H2,(H,13,14). The molecular formula is C11H15ClN2O2S. The van der Waals surface area contributed by atoms with Crippen LogP contribution in [0.3, 0.4) is 0 Å². The smallest absolute Gasteiger partial charge is 0.235 e. The maximum Gasteiger partial charge on any atom is 0.235 e.